The van der Waals surface area contributed by atoms with E-state index in [1.807, 2.05) is 19.1 Å². The van der Waals surface area contributed by atoms with Crippen LogP contribution in [0.1, 0.15) is 13.3 Å². The van der Waals surface area contributed by atoms with Crippen LogP contribution in [0.5, 0.6) is 0 Å². The summed E-state index contributed by atoms with van der Waals surface area (Å²) in [5, 5.41) is 14.2. The number of carbonyl (C=O) groups excluding carboxylic acids is 1. The Morgan fingerprint density at radius 2 is 1.93 bits per heavy atom. The fraction of sp³-hybridized carbons (Fsp3) is 0.300. The Balaban J connectivity index is 2.50. The van der Waals surface area contributed by atoms with Gasteiger partial charge < -0.3 is 15.2 Å². The Hall–Kier alpha value is -1.91. The molecule has 0 aromatic heterocycles. The van der Waals surface area contributed by atoms with Crippen molar-refractivity contribution in [3.8, 4) is 0 Å². The largest absolute Gasteiger partial charge is 0.530 e. The van der Waals surface area contributed by atoms with Crippen LogP contribution in [0.25, 0.3) is 0 Å². The lowest BCUT2D eigenvalue weighted by molar-refractivity contribution is -0.253. The monoisotopic (exact) mass is 204 g/mol. The van der Waals surface area contributed by atoms with Gasteiger partial charge in [-0.2, -0.15) is 0 Å². The maximum atomic E-state index is 10.5. The molecular weight excluding hydrogens is 194 g/mol. The van der Waals surface area contributed by atoms with Crippen molar-refractivity contribution in [2.45, 2.75) is 19.1 Å². The summed E-state index contributed by atoms with van der Waals surface area (Å²) in [6, 6.07) is 7.27. The summed E-state index contributed by atoms with van der Waals surface area (Å²) >= 11 is 0. The van der Waals surface area contributed by atoms with Crippen LogP contribution in [-0.2, 0) is 0 Å². The molecule has 1 aromatic rings. The third kappa shape index (κ3) is 1.68. The second kappa shape index (κ2) is 3.34. The van der Waals surface area contributed by atoms with Crippen LogP contribution in [0.15, 0.2) is 34.3 Å². The molecule has 0 aliphatic carbocycles. The highest BCUT2D eigenvalue weighted by Crippen LogP contribution is 2.13. The predicted octanol–water partition coefficient (Wildman–Crippen LogP) is -1.06. The molecule has 0 spiro atoms. The van der Waals surface area contributed by atoms with Gasteiger partial charge >= 0.3 is 0 Å². The van der Waals surface area contributed by atoms with Crippen molar-refractivity contribution in [2.75, 3.05) is 0 Å². The lowest BCUT2D eigenvalue weighted by atomic mass is 10.3. The number of benzene rings is 1. The Morgan fingerprint density at radius 1 is 1.40 bits per heavy atom. The molecule has 0 saturated heterocycles. The molecule has 0 unspecified atom stereocenters. The zero-order valence-corrected chi connectivity index (χ0v) is 8.23. The molecule has 78 valence electrons. The first-order chi connectivity index (χ1) is 7.15. The topological polar surface area (TPSA) is 76.9 Å². The molecular formula is C10H10N3O2-. The van der Waals surface area contributed by atoms with E-state index >= 15 is 0 Å². The number of hydrogen-bond acceptors (Lipinski definition) is 4. The Labute approximate surface area is 86.2 Å². The molecule has 5 heteroatoms. The van der Waals surface area contributed by atoms with Crippen LogP contribution in [-0.4, -0.2) is 11.9 Å². The first-order valence-corrected chi connectivity index (χ1v) is 4.69. The van der Waals surface area contributed by atoms with Crippen LogP contribution >= 0.6 is 0 Å². The Morgan fingerprint density at radius 3 is 2.33 bits per heavy atom. The van der Waals surface area contributed by atoms with E-state index in [1.54, 1.807) is 12.1 Å². The van der Waals surface area contributed by atoms with Crippen molar-refractivity contribution in [1.29, 1.82) is 0 Å². The molecule has 0 radical (unpaired) electrons. The summed E-state index contributed by atoms with van der Waals surface area (Å²) in [4.78, 5) is 19.0. The minimum absolute atomic E-state index is 0.454. The lowest BCUT2D eigenvalue weighted by Crippen LogP contribution is -2.50. The number of nitrogens with one attached hydrogen (secondary N) is 1. The van der Waals surface area contributed by atoms with E-state index in [2.05, 4.69) is 15.3 Å². The molecule has 1 aliphatic heterocycles. The molecule has 0 atom stereocenters. The van der Waals surface area contributed by atoms with Crippen LogP contribution < -0.4 is 21.1 Å². The van der Waals surface area contributed by atoms with Gasteiger partial charge in [0.25, 0.3) is 0 Å². The SMILES string of the molecule is CCC1(NC(=O)[O-])N=c2ccccc2=N1. The van der Waals surface area contributed by atoms with Gasteiger partial charge in [-0.15, -0.1) is 0 Å². The predicted molar refractivity (Wildman–Crippen MR) is 50.3 cm³/mol. The number of amides is 1. The van der Waals surface area contributed by atoms with E-state index in [1.165, 1.54) is 0 Å². The first kappa shape index (κ1) is 9.64. The molecule has 2 rings (SSSR count). The molecule has 1 amide bonds. The highest BCUT2D eigenvalue weighted by atomic mass is 16.4. The van der Waals surface area contributed by atoms with E-state index < -0.39 is 11.9 Å². The summed E-state index contributed by atoms with van der Waals surface area (Å²) in [6.07, 6.45) is -0.910. The lowest BCUT2D eigenvalue weighted by Gasteiger charge is -2.24. The Kier molecular flexibility index (Phi) is 2.15. The number of hydrogen-bond donors (Lipinski definition) is 1. The van der Waals surface area contributed by atoms with Gasteiger partial charge in [-0.25, -0.2) is 9.98 Å². The number of carbonyl (C=O) groups is 1. The van der Waals surface area contributed by atoms with Gasteiger partial charge in [-0.05, 0) is 12.1 Å². The minimum Gasteiger partial charge on any atom is -0.530 e. The molecule has 5 nitrogen and oxygen atoms in total. The fourth-order valence-corrected chi connectivity index (χ4v) is 1.54. The number of nitrogens with zero attached hydrogens (tertiary/aromatic N) is 2. The molecule has 1 aromatic carbocycles. The third-order valence-electron chi connectivity index (χ3n) is 2.29. The minimum atomic E-state index is -1.36. The van der Waals surface area contributed by atoms with Crippen molar-refractivity contribution < 1.29 is 9.90 Å². The Bertz CT molecular complexity index is 475. The van der Waals surface area contributed by atoms with Crippen LogP contribution in [0.4, 0.5) is 4.79 Å². The fourth-order valence-electron chi connectivity index (χ4n) is 1.54. The summed E-state index contributed by atoms with van der Waals surface area (Å²) < 4.78 is 0. The molecule has 1 aliphatic rings. The average Bonchev–Trinajstić information content (AvgIpc) is 2.55. The van der Waals surface area contributed by atoms with E-state index in [9.17, 15) is 9.90 Å². The van der Waals surface area contributed by atoms with Crippen LogP contribution in [0.3, 0.4) is 0 Å². The quantitative estimate of drug-likeness (QED) is 0.666. The number of fused-ring (bicyclic) bond motifs is 1. The summed E-state index contributed by atoms with van der Waals surface area (Å²) in [6.45, 7) is 1.81. The van der Waals surface area contributed by atoms with Crippen molar-refractivity contribution in [3.63, 3.8) is 0 Å². The van der Waals surface area contributed by atoms with Gasteiger partial charge in [-0.3, -0.25) is 0 Å². The molecule has 0 bridgehead atoms. The number of para-hydroxylation sites is 2. The van der Waals surface area contributed by atoms with Crippen molar-refractivity contribution >= 4 is 6.09 Å². The van der Waals surface area contributed by atoms with E-state index in [4.69, 9.17) is 0 Å². The third-order valence-corrected chi connectivity index (χ3v) is 2.29. The van der Waals surface area contributed by atoms with Crippen molar-refractivity contribution in [1.82, 2.24) is 5.32 Å². The van der Waals surface area contributed by atoms with Gasteiger partial charge in [-0.1, -0.05) is 19.1 Å². The maximum absolute atomic E-state index is 10.5. The zero-order chi connectivity index (χ0) is 10.9. The molecule has 15 heavy (non-hydrogen) atoms. The normalized spacial score (nSPS) is 16.1. The maximum Gasteiger partial charge on any atom is 0.226 e. The summed E-state index contributed by atoms with van der Waals surface area (Å²) in [5.74, 6) is -1.09. The zero-order valence-electron chi connectivity index (χ0n) is 8.23. The summed E-state index contributed by atoms with van der Waals surface area (Å²) in [5.41, 5.74) is 0. The standard InChI is InChI=1S/C10H11N3O2/c1-2-10(13-9(14)15)11-7-5-3-4-6-8(7)12-10/h3-6,13H,2H2,1H3,(H,14,15)/p-1. The van der Waals surface area contributed by atoms with E-state index in [-0.39, 0.29) is 0 Å². The van der Waals surface area contributed by atoms with E-state index in [0.717, 1.165) is 0 Å². The molecule has 1 heterocycles. The summed E-state index contributed by atoms with van der Waals surface area (Å²) in [7, 11) is 0. The van der Waals surface area contributed by atoms with Crippen LogP contribution in [0.2, 0.25) is 0 Å². The second-order valence-corrected chi connectivity index (χ2v) is 3.29. The smallest absolute Gasteiger partial charge is 0.226 e. The van der Waals surface area contributed by atoms with Crippen molar-refractivity contribution in [3.05, 3.63) is 35.0 Å². The number of rotatable bonds is 2. The van der Waals surface area contributed by atoms with Crippen molar-refractivity contribution in [2.24, 2.45) is 9.98 Å². The van der Waals surface area contributed by atoms with Gasteiger partial charge in [0.1, 0.15) is 6.09 Å². The van der Waals surface area contributed by atoms with Gasteiger partial charge in [0.2, 0.25) is 5.79 Å². The average molecular weight is 204 g/mol. The number of carboxylic acid groups (broad SMARTS) is 1. The highest BCUT2D eigenvalue weighted by Gasteiger charge is 2.28. The van der Waals surface area contributed by atoms with Gasteiger partial charge in [0, 0.05) is 6.42 Å². The van der Waals surface area contributed by atoms with Crippen LogP contribution in [0, 0.1) is 0 Å². The second-order valence-electron chi connectivity index (χ2n) is 3.29. The first-order valence-electron chi connectivity index (χ1n) is 4.69. The van der Waals surface area contributed by atoms with E-state index in [0.29, 0.717) is 17.1 Å². The highest BCUT2D eigenvalue weighted by molar-refractivity contribution is 5.63. The van der Waals surface area contributed by atoms with Gasteiger partial charge in [0.15, 0.2) is 0 Å². The van der Waals surface area contributed by atoms with Gasteiger partial charge in [0.05, 0.1) is 10.7 Å². The molecule has 0 saturated carbocycles. The molecule has 1 N–H and O–H groups in total. The molecule has 0 fully saturated rings.